The summed E-state index contributed by atoms with van der Waals surface area (Å²) in [6.07, 6.45) is -4.21. The van der Waals surface area contributed by atoms with Crippen LogP contribution in [0.15, 0.2) is 28.7 Å². The summed E-state index contributed by atoms with van der Waals surface area (Å²) in [6.45, 7) is 0. The van der Waals surface area contributed by atoms with Gasteiger partial charge in [0, 0.05) is 0 Å². The van der Waals surface area contributed by atoms with Gasteiger partial charge in [0.05, 0.1) is 16.1 Å². The first-order valence-corrected chi connectivity index (χ1v) is 5.36. The molecule has 0 atom stereocenters. The van der Waals surface area contributed by atoms with E-state index in [0.29, 0.717) is 18.4 Å². The number of aldehydes is 1. The average molecular weight is 291 g/mol. The minimum atomic E-state index is -4.60. The molecule has 3 nitrogen and oxygen atoms in total. The summed E-state index contributed by atoms with van der Waals surface area (Å²) in [5, 5.41) is 9.23. The first-order chi connectivity index (χ1) is 8.82. The number of carbonyl (C=O) groups is 1. The van der Waals surface area contributed by atoms with Gasteiger partial charge in [-0.1, -0.05) is 11.6 Å². The Morgan fingerprint density at radius 1 is 1.26 bits per heavy atom. The van der Waals surface area contributed by atoms with Crippen LogP contribution in [0.1, 0.15) is 16.1 Å². The number of aromatic hydroxyl groups is 1. The zero-order valence-corrected chi connectivity index (χ0v) is 9.92. The molecule has 0 unspecified atom stereocenters. The molecule has 1 heterocycles. The predicted molar refractivity (Wildman–Crippen MR) is 61.2 cm³/mol. The summed E-state index contributed by atoms with van der Waals surface area (Å²) in [4.78, 5) is 10.5. The monoisotopic (exact) mass is 290 g/mol. The van der Waals surface area contributed by atoms with Gasteiger partial charge in [0.15, 0.2) is 12.0 Å². The van der Waals surface area contributed by atoms with Gasteiger partial charge < -0.3 is 9.52 Å². The van der Waals surface area contributed by atoms with Crippen molar-refractivity contribution >= 4 is 17.9 Å². The van der Waals surface area contributed by atoms with Crippen LogP contribution in [0.4, 0.5) is 13.2 Å². The van der Waals surface area contributed by atoms with E-state index in [1.54, 1.807) is 0 Å². The Kier molecular flexibility index (Phi) is 3.28. The Morgan fingerprint density at radius 3 is 2.47 bits per heavy atom. The third kappa shape index (κ3) is 2.58. The van der Waals surface area contributed by atoms with Gasteiger partial charge in [-0.15, -0.1) is 0 Å². The highest BCUT2D eigenvalue weighted by Crippen LogP contribution is 2.41. The second-order valence-electron chi connectivity index (χ2n) is 3.67. The lowest BCUT2D eigenvalue weighted by molar-refractivity contribution is -0.137. The molecule has 0 saturated heterocycles. The van der Waals surface area contributed by atoms with Crippen molar-refractivity contribution in [1.82, 2.24) is 0 Å². The highest BCUT2D eigenvalue weighted by molar-refractivity contribution is 6.32. The number of phenolic OH excluding ortho intramolecular Hbond substituents is 1. The van der Waals surface area contributed by atoms with Crippen molar-refractivity contribution in [2.45, 2.75) is 6.18 Å². The first kappa shape index (κ1) is 13.5. The number of halogens is 4. The Bertz CT molecular complexity index is 632. The molecule has 0 bridgehead atoms. The fourth-order valence-corrected chi connectivity index (χ4v) is 1.73. The molecule has 0 aliphatic rings. The quantitative estimate of drug-likeness (QED) is 0.846. The normalized spacial score (nSPS) is 11.6. The fraction of sp³-hybridized carbons (Fsp3) is 0.0833. The largest absolute Gasteiger partial charge is 0.506 e. The Balaban J connectivity index is 2.62. The standard InChI is InChI=1S/C12H6ClF3O3/c13-9-4-6(12(14,15)16)3-8(11(9)18)10-2-1-7(5-17)19-10/h1-5,18H. The number of carbonyl (C=O) groups excluding carboxylic acids is 1. The van der Waals surface area contributed by atoms with E-state index < -0.39 is 22.5 Å². The molecule has 1 aromatic carbocycles. The van der Waals surface area contributed by atoms with Crippen LogP contribution in [0.3, 0.4) is 0 Å². The maximum absolute atomic E-state index is 12.6. The highest BCUT2D eigenvalue weighted by Gasteiger charge is 2.32. The molecule has 0 saturated carbocycles. The van der Waals surface area contributed by atoms with E-state index in [2.05, 4.69) is 0 Å². The van der Waals surface area contributed by atoms with Crippen molar-refractivity contribution in [2.24, 2.45) is 0 Å². The molecule has 19 heavy (non-hydrogen) atoms. The molecular weight excluding hydrogens is 285 g/mol. The molecule has 0 aliphatic carbocycles. The van der Waals surface area contributed by atoms with Crippen molar-refractivity contribution in [1.29, 1.82) is 0 Å². The van der Waals surface area contributed by atoms with Crippen molar-refractivity contribution < 1.29 is 27.5 Å². The van der Waals surface area contributed by atoms with E-state index in [0.717, 1.165) is 0 Å². The van der Waals surface area contributed by atoms with Crippen molar-refractivity contribution in [3.05, 3.63) is 40.6 Å². The minimum absolute atomic E-state index is 0.0667. The summed E-state index contributed by atoms with van der Waals surface area (Å²) in [5.74, 6) is -0.683. The molecule has 1 N–H and O–H groups in total. The number of hydrogen-bond donors (Lipinski definition) is 1. The van der Waals surface area contributed by atoms with Crippen molar-refractivity contribution in [3.63, 3.8) is 0 Å². The molecule has 0 fully saturated rings. The van der Waals surface area contributed by atoms with Gasteiger partial charge in [-0.05, 0) is 24.3 Å². The van der Waals surface area contributed by atoms with E-state index in [-0.39, 0.29) is 17.1 Å². The number of phenols is 1. The lowest BCUT2D eigenvalue weighted by atomic mass is 10.1. The van der Waals surface area contributed by atoms with Crippen LogP contribution in [0.2, 0.25) is 5.02 Å². The summed E-state index contributed by atoms with van der Waals surface area (Å²) >= 11 is 5.55. The van der Waals surface area contributed by atoms with Gasteiger partial charge in [-0.25, -0.2) is 0 Å². The van der Waals surface area contributed by atoms with E-state index >= 15 is 0 Å². The maximum Gasteiger partial charge on any atom is 0.416 e. The summed E-state index contributed by atoms with van der Waals surface area (Å²) in [6, 6.07) is 3.86. The molecule has 100 valence electrons. The molecule has 7 heteroatoms. The highest BCUT2D eigenvalue weighted by atomic mass is 35.5. The number of hydrogen-bond acceptors (Lipinski definition) is 3. The molecule has 1 aromatic heterocycles. The number of rotatable bonds is 2. The molecule has 0 aliphatic heterocycles. The van der Waals surface area contributed by atoms with E-state index in [4.69, 9.17) is 16.0 Å². The SMILES string of the molecule is O=Cc1ccc(-c2cc(C(F)(F)F)cc(Cl)c2O)o1. The molecular formula is C12H6ClF3O3. The lowest BCUT2D eigenvalue weighted by Crippen LogP contribution is -2.05. The van der Waals surface area contributed by atoms with E-state index in [1.165, 1.54) is 12.1 Å². The molecule has 2 aromatic rings. The second kappa shape index (κ2) is 4.62. The van der Waals surface area contributed by atoms with Crippen LogP contribution < -0.4 is 0 Å². The average Bonchev–Trinajstić information content (AvgIpc) is 2.79. The number of furan rings is 1. The number of benzene rings is 1. The number of alkyl halides is 3. The summed E-state index contributed by atoms with van der Waals surface area (Å²) < 4.78 is 42.9. The van der Waals surface area contributed by atoms with Crippen LogP contribution >= 0.6 is 11.6 Å². The molecule has 2 rings (SSSR count). The van der Waals surface area contributed by atoms with Crippen LogP contribution in [-0.4, -0.2) is 11.4 Å². The Hall–Kier alpha value is -1.95. The second-order valence-corrected chi connectivity index (χ2v) is 4.08. The topological polar surface area (TPSA) is 50.4 Å². The van der Waals surface area contributed by atoms with Crippen LogP contribution in [0.25, 0.3) is 11.3 Å². The van der Waals surface area contributed by atoms with Gasteiger partial charge in [0.25, 0.3) is 0 Å². The van der Waals surface area contributed by atoms with E-state index in [1.807, 2.05) is 0 Å². The van der Waals surface area contributed by atoms with Gasteiger partial charge >= 0.3 is 6.18 Å². The zero-order valence-electron chi connectivity index (χ0n) is 9.16. The van der Waals surface area contributed by atoms with E-state index in [9.17, 15) is 23.1 Å². The smallest absolute Gasteiger partial charge is 0.416 e. The lowest BCUT2D eigenvalue weighted by Gasteiger charge is -2.10. The van der Waals surface area contributed by atoms with Gasteiger partial charge in [-0.2, -0.15) is 13.2 Å². The zero-order chi connectivity index (χ0) is 14.2. The summed E-state index contributed by atoms with van der Waals surface area (Å²) in [5.41, 5.74) is -1.25. The third-order valence-electron chi connectivity index (χ3n) is 2.40. The summed E-state index contributed by atoms with van der Waals surface area (Å²) in [7, 11) is 0. The van der Waals surface area contributed by atoms with Crippen molar-refractivity contribution in [2.75, 3.05) is 0 Å². The van der Waals surface area contributed by atoms with Crippen LogP contribution in [0.5, 0.6) is 5.75 Å². The minimum Gasteiger partial charge on any atom is -0.506 e. The third-order valence-corrected chi connectivity index (χ3v) is 2.69. The molecule has 0 spiro atoms. The van der Waals surface area contributed by atoms with Gasteiger partial charge in [0.1, 0.15) is 11.5 Å². The van der Waals surface area contributed by atoms with Gasteiger partial charge in [0.2, 0.25) is 0 Å². The maximum atomic E-state index is 12.6. The molecule has 0 amide bonds. The fourth-order valence-electron chi connectivity index (χ4n) is 1.51. The van der Waals surface area contributed by atoms with Crippen LogP contribution in [0, 0.1) is 0 Å². The Morgan fingerprint density at radius 2 is 1.95 bits per heavy atom. The van der Waals surface area contributed by atoms with Crippen molar-refractivity contribution in [3.8, 4) is 17.1 Å². The molecule has 0 radical (unpaired) electrons. The Labute approximate surface area is 110 Å². The predicted octanol–water partition coefficient (Wildman–Crippen LogP) is 4.14. The van der Waals surface area contributed by atoms with Crippen LogP contribution in [-0.2, 0) is 6.18 Å². The first-order valence-electron chi connectivity index (χ1n) is 4.98. The van der Waals surface area contributed by atoms with Gasteiger partial charge in [-0.3, -0.25) is 4.79 Å².